The molecule has 2 unspecified atom stereocenters. The van der Waals surface area contributed by atoms with Crippen molar-refractivity contribution in [3.63, 3.8) is 0 Å². The zero-order chi connectivity index (χ0) is 16.8. The van der Waals surface area contributed by atoms with E-state index in [0.29, 0.717) is 12.6 Å². The van der Waals surface area contributed by atoms with Gasteiger partial charge in [-0.25, -0.2) is 4.98 Å². The minimum atomic E-state index is -0.109. The Hall–Kier alpha value is -1.73. The molecule has 1 N–H and O–H groups in total. The summed E-state index contributed by atoms with van der Waals surface area (Å²) in [5.74, 6) is 0.122. The van der Waals surface area contributed by atoms with E-state index in [1.54, 1.807) is 24.0 Å². The highest BCUT2D eigenvalue weighted by atomic mass is 32.1. The van der Waals surface area contributed by atoms with Gasteiger partial charge in [-0.3, -0.25) is 14.4 Å². The predicted octanol–water partition coefficient (Wildman–Crippen LogP) is 1.94. The summed E-state index contributed by atoms with van der Waals surface area (Å²) in [7, 11) is 0. The van der Waals surface area contributed by atoms with E-state index in [1.807, 2.05) is 17.7 Å². The van der Waals surface area contributed by atoms with Crippen LogP contribution in [0.25, 0.3) is 0 Å². The summed E-state index contributed by atoms with van der Waals surface area (Å²) in [4.78, 5) is 20.2. The maximum absolute atomic E-state index is 12.5. The van der Waals surface area contributed by atoms with Crippen LogP contribution in [0.15, 0.2) is 30.2 Å². The molecule has 1 aliphatic rings. The third-order valence-corrected chi connectivity index (χ3v) is 5.60. The summed E-state index contributed by atoms with van der Waals surface area (Å²) in [6, 6.07) is 4.40. The zero-order valence-electron chi connectivity index (χ0n) is 14.1. The fraction of sp³-hybridized carbons (Fsp3) is 0.588. The molecule has 3 heterocycles. The summed E-state index contributed by atoms with van der Waals surface area (Å²) in [6.45, 7) is 4.48. The number of aromatic nitrogens is 3. The molecule has 1 fully saturated rings. The van der Waals surface area contributed by atoms with E-state index < -0.39 is 0 Å². The maximum Gasteiger partial charge on any atom is 0.237 e. The van der Waals surface area contributed by atoms with E-state index in [1.165, 1.54) is 11.3 Å². The number of likely N-dealkylation sites (tertiary alicyclic amines) is 1. The molecule has 1 saturated heterocycles. The van der Waals surface area contributed by atoms with Crippen molar-refractivity contribution >= 4 is 17.2 Å². The van der Waals surface area contributed by atoms with E-state index in [0.717, 1.165) is 32.4 Å². The van der Waals surface area contributed by atoms with Gasteiger partial charge in [0, 0.05) is 17.5 Å². The van der Waals surface area contributed by atoms with Crippen LogP contribution in [0.3, 0.4) is 0 Å². The molecule has 2 aromatic heterocycles. The molecule has 0 saturated carbocycles. The molecule has 1 amide bonds. The van der Waals surface area contributed by atoms with Gasteiger partial charge in [0.2, 0.25) is 5.91 Å². The van der Waals surface area contributed by atoms with Gasteiger partial charge in [-0.15, -0.1) is 11.3 Å². The molecule has 2 atom stereocenters. The summed E-state index contributed by atoms with van der Waals surface area (Å²) in [5.41, 5.74) is 0. The smallest absolute Gasteiger partial charge is 0.237 e. The van der Waals surface area contributed by atoms with Gasteiger partial charge in [-0.05, 0) is 44.2 Å². The predicted molar refractivity (Wildman–Crippen MR) is 94.9 cm³/mol. The van der Waals surface area contributed by atoms with Gasteiger partial charge in [0.05, 0.1) is 12.6 Å². The summed E-state index contributed by atoms with van der Waals surface area (Å²) in [6.07, 6.45) is 7.68. The number of amides is 1. The summed E-state index contributed by atoms with van der Waals surface area (Å²) in [5, 5.41) is 9.37. The average molecular weight is 347 g/mol. The Morgan fingerprint density at radius 1 is 1.50 bits per heavy atom. The lowest BCUT2D eigenvalue weighted by atomic mass is 9.99. The first kappa shape index (κ1) is 17.1. The van der Waals surface area contributed by atoms with Crippen LogP contribution in [0.1, 0.15) is 31.1 Å². The van der Waals surface area contributed by atoms with Gasteiger partial charge in [-0.1, -0.05) is 12.5 Å². The van der Waals surface area contributed by atoms with Crippen LogP contribution in [0, 0.1) is 0 Å². The first-order chi connectivity index (χ1) is 11.7. The Balaban J connectivity index is 1.52. The second-order valence-electron chi connectivity index (χ2n) is 6.30. The molecular formula is C17H25N5OS. The van der Waals surface area contributed by atoms with Crippen molar-refractivity contribution in [3.05, 3.63) is 35.0 Å². The van der Waals surface area contributed by atoms with Crippen molar-refractivity contribution < 1.29 is 4.79 Å². The van der Waals surface area contributed by atoms with E-state index in [9.17, 15) is 4.79 Å². The van der Waals surface area contributed by atoms with Gasteiger partial charge < -0.3 is 5.32 Å². The zero-order valence-corrected chi connectivity index (χ0v) is 14.9. The van der Waals surface area contributed by atoms with Crippen molar-refractivity contribution in [2.75, 3.05) is 13.1 Å². The van der Waals surface area contributed by atoms with Crippen LogP contribution in [0.5, 0.6) is 0 Å². The number of nitrogens with zero attached hydrogens (tertiary/aromatic N) is 4. The van der Waals surface area contributed by atoms with E-state index in [-0.39, 0.29) is 11.9 Å². The molecule has 0 spiro atoms. The highest BCUT2D eigenvalue weighted by Crippen LogP contribution is 2.21. The Kier molecular flexibility index (Phi) is 5.98. The minimum Gasteiger partial charge on any atom is -0.354 e. The Morgan fingerprint density at radius 3 is 3.17 bits per heavy atom. The van der Waals surface area contributed by atoms with Crippen LogP contribution in [-0.2, 0) is 17.8 Å². The lowest BCUT2D eigenvalue weighted by Crippen LogP contribution is -2.53. The van der Waals surface area contributed by atoms with Crippen LogP contribution >= 0.6 is 11.3 Å². The van der Waals surface area contributed by atoms with Crippen molar-refractivity contribution in [1.29, 1.82) is 0 Å². The monoisotopic (exact) mass is 347 g/mol. The fourth-order valence-corrected chi connectivity index (χ4v) is 4.04. The number of thiophene rings is 1. The van der Waals surface area contributed by atoms with E-state index >= 15 is 0 Å². The lowest BCUT2D eigenvalue weighted by Gasteiger charge is -2.39. The number of hydrogen-bond donors (Lipinski definition) is 1. The molecule has 1 aliphatic heterocycles. The SMILES string of the molecule is CC(C(=O)NCCc1cccs1)N1CCCCC1Cn1cncn1. The second-order valence-corrected chi connectivity index (χ2v) is 7.33. The third-order valence-electron chi connectivity index (χ3n) is 4.66. The highest BCUT2D eigenvalue weighted by Gasteiger charge is 2.30. The van der Waals surface area contributed by atoms with E-state index in [2.05, 4.69) is 31.7 Å². The van der Waals surface area contributed by atoms with Crippen LogP contribution in [-0.4, -0.2) is 50.7 Å². The lowest BCUT2D eigenvalue weighted by molar-refractivity contribution is -0.127. The molecule has 130 valence electrons. The number of piperidine rings is 1. The Labute approximate surface area is 146 Å². The highest BCUT2D eigenvalue weighted by molar-refractivity contribution is 7.09. The van der Waals surface area contributed by atoms with Gasteiger partial charge >= 0.3 is 0 Å². The number of hydrogen-bond acceptors (Lipinski definition) is 5. The van der Waals surface area contributed by atoms with Crippen molar-refractivity contribution in [1.82, 2.24) is 25.0 Å². The number of carbonyl (C=O) groups is 1. The quantitative estimate of drug-likeness (QED) is 0.831. The van der Waals surface area contributed by atoms with Crippen LogP contribution in [0.4, 0.5) is 0 Å². The minimum absolute atomic E-state index is 0.109. The van der Waals surface area contributed by atoms with Crippen molar-refractivity contribution in [3.8, 4) is 0 Å². The van der Waals surface area contributed by atoms with Gasteiger partial charge in [0.15, 0.2) is 0 Å². The normalized spacial score (nSPS) is 20.0. The molecule has 0 bridgehead atoms. The van der Waals surface area contributed by atoms with Gasteiger partial charge in [0.25, 0.3) is 0 Å². The van der Waals surface area contributed by atoms with Gasteiger partial charge in [0.1, 0.15) is 12.7 Å². The van der Waals surface area contributed by atoms with Crippen LogP contribution in [0.2, 0.25) is 0 Å². The standard InChI is InChI=1S/C17H25N5OS/c1-14(17(23)19-8-7-16-6-4-10-24-16)22-9-3-2-5-15(22)11-21-13-18-12-20-21/h4,6,10,12-15H,2-3,5,7-9,11H2,1H3,(H,19,23). The molecule has 24 heavy (non-hydrogen) atoms. The number of nitrogens with one attached hydrogen (secondary N) is 1. The molecule has 0 aromatic carbocycles. The third kappa shape index (κ3) is 4.42. The largest absolute Gasteiger partial charge is 0.354 e. The maximum atomic E-state index is 12.5. The first-order valence-corrected chi connectivity index (χ1v) is 9.50. The molecule has 7 heteroatoms. The Bertz CT molecular complexity index is 613. The molecular weight excluding hydrogens is 322 g/mol. The summed E-state index contributed by atoms with van der Waals surface area (Å²) >= 11 is 1.74. The van der Waals surface area contributed by atoms with Gasteiger partial charge in [-0.2, -0.15) is 5.10 Å². The number of rotatable bonds is 7. The summed E-state index contributed by atoms with van der Waals surface area (Å²) < 4.78 is 1.87. The Morgan fingerprint density at radius 2 is 2.42 bits per heavy atom. The molecule has 2 aromatic rings. The van der Waals surface area contributed by atoms with Crippen molar-refractivity contribution in [2.24, 2.45) is 0 Å². The van der Waals surface area contributed by atoms with Crippen molar-refractivity contribution in [2.45, 2.75) is 51.2 Å². The average Bonchev–Trinajstić information content (AvgIpc) is 3.28. The molecule has 3 rings (SSSR count). The van der Waals surface area contributed by atoms with Crippen LogP contribution < -0.4 is 5.32 Å². The second kappa shape index (κ2) is 8.39. The fourth-order valence-electron chi connectivity index (χ4n) is 3.33. The molecule has 0 radical (unpaired) electrons. The number of carbonyl (C=O) groups excluding carboxylic acids is 1. The topological polar surface area (TPSA) is 63.1 Å². The molecule has 6 nitrogen and oxygen atoms in total. The van der Waals surface area contributed by atoms with E-state index in [4.69, 9.17) is 0 Å². The molecule has 0 aliphatic carbocycles. The first-order valence-electron chi connectivity index (χ1n) is 8.62.